The first kappa shape index (κ1) is 15.4. The number of aliphatic imine (C=N–C) groups is 1. The third-order valence-corrected chi connectivity index (χ3v) is 3.77. The molecule has 0 saturated carbocycles. The van der Waals surface area contributed by atoms with Crippen molar-refractivity contribution in [2.45, 2.75) is 5.75 Å². The molecule has 0 bridgehead atoms. The predicted octanol–water partition coefficient (Wildman–Crippen LogP) is 3.49. The monoisotopic (exact) mass is 303 g/mol. The summed E-state index contributed by atoms with van der Waals surface area (Å²) in [6.45, 7) is 0.602. The van der Waals surface area contributed by atoms with E-state index in [2.05, 4.69) is 10.3 Å². The van der Waals surface area contributed by atoms with E-state index in [1.807, 2.05) is 36.4 Å². The van der Waals surface area contributed by atoms with E-state index in [9.17, 15) is 4.39 Å². The molecule has 0 amide bonds. The number of hydrogen-bond donors (Lipinski definition) is 2. The van der Waals surface area contributed by atoms with Gasteiger partial charge in [-0.3, -0.25) is 4.99 Å². The zero-order chi connectivity index (χ0) is 14.9. The number of guanidine groups is 1. The molecule has 5 heteroatoms. The highest BCUT2D eigenvalue weighted by atomic mass is 32.2. The molecule has 0 fully saturated rings. The maximum absolute atomic E-state index is 13.4. The number of nitrogens with two attached hydrogens (primary N) is 1. The van der Waals surface area contributed by atoms with Gasteiger partial charge in [0.25, 0.3) is 0 Å². The van der Waals surface area contributed by atoms with Crippen LogP contribution in [0.3, 0.4) is 0 Å². The number of anilines is 1. The largest absolute Gasteiger partial charge is 0.370 e. The lowest BCUT2D eigenvalue weighted by Crippen LogP contribution is -2.23. The van der Waals surface area contributed by atoms with Crippen LogP contribution in [-0.4, -0.2) is 18.3 Å². The summed E-state index contributed by atoms with van der Waals surface area (Å²) in [7, 11) is 0. The second-order valence-electron chi connectivity index (χ2n) is 4.40. The van der Waals surface area contributed by atoms with Crippen molar-refractivity contribution in [1.82, 2.24) is 0 Å². The summed E-state index contributed by atoms with van der Waals surface area (Å²) in [6, 6.07) is 16.5. The number of thioether (sulfide) groups is 1. The van der Waals surface area contributed by atoms with Gasteiger partial charge in [-0.2, -0.15) is 11.8 Å². The molecule has 0 aromatic heterocycles. The van der Waals surface area contributed by atoms with Crippen LogP contribution in [0.25, 0.3) is 0 Å². The molecule has 0 spiro atoms. The zero-order valence-corrected chi connectivity index (χ0v) is 12.4. The lowest BCUT2D eigenvalue weighted by atomic mass is 10.2. The number of halogens is 1. The van der Waals surface area contributed by atoms with Gasteiger partial charge in [0, 0.05) is 17.2 Å². The Balaban J connectivity index is 1.69. The van der Waals surface area contributed by atoms with Crippen LogP contribution in [-0.2, 0) is 5.75 Å². The predicted molar refractivity (Wildman–Crippen MR) is 89.1 cm³/mol. The summed E-state index contributed by atoms with van der Waals surface area (Å²) >= 11 is 1.64. The molecule has 0 radical (unpaired) electrons. The van der Waals surface area contributed by atoms with Crippen LogP contribution in [0, 0.1) is 5.82 Å². The van der Waals surface area contributed by atoms with Crippen molar-refractivity contribution < 1.29 is 4.39 Å². The van der Waals surface area contributed by atoms with Crippen molar-refractivity contribution in [2.75, 3.05) is 17.6 Å². The Morgan fingerprint density at radius 2 is 1.81 bits per heavy atom. The van der Waals surface area contributed by atoms with Crippen LogP contribution in [0.1, 0.15) is 5.56 Å². The summed E-state index contributed by atoms with van der Waals surface area (Å²) in [5.74, 6) is 1.69. The maximum Gasteiger partial charge on any atom is 0.193 e. The van der Waals surface area contributed by atoms with E-state index in [0.29, 0.717) is 18.3 Å². The van der Waals surface area contributed by atoms with Crippen LogP contribution < -0.4 is 11.1 Å². The van der Waals surface area contributed by atoms with Crippen LogP contribution in [0.4, 0.5) is 10.1 Å². The van der Waals surface area contributed by atoms with Crippen LogP contribution in [0.2, 0.25) is 0 Å². The molecule has 3 N–H and O–H groups in total. The first-order valence-electron chi connectivity index (χ1n) is 6.69. The highest BCUT2D eigenvalue weighted by Crippen LogP contribution is 2.15. The van der Waals surface area contributed by atoms with E-state index in [1.165, 1.54) is 6.07 Å². The first-order chi connectivity index (χ1) is 10.3. The third-order valence-electron chi connectivity index (χ3n) is 2.78. The average molecular weight is 303 g/mol. The highest BCUT2D eigenvalue weighted by molar-refractivity contribution is 7.98. The summed E-state index contributed by atoms with van der Waals surface area (Å²) in [6.07, 6.45) is 0. The summed E-state index contributed by atoms with van der Waals surface area (Å²) in [5.41, 5.74) is 7.43. The second kappa shape index (κ2) is 8.32. The zero-order valence-electron chi connectivity index (χ0n) is 11.6. The molecule has 2 aromatic rings. The van der Waals surface area contributed by atoms with Gasteiger partial charge < -0.3 is 11.1 Å². The molecule has 0 unspecified atom stereocenters. The van der Waals surface area contributed by atoms with E-state index in [1.54, 1.807) is 23.9 Å². The fraction of sp³-hybridized carbons (Fsp3) is 0.188. The third kappa shape index (κ3) is 5.47. The van der Waals surface area contributed by atoms with Gasteiger partial charge in [-0.1, -0.05) is 36.4 Å². The molecule has 0 saturated heterocycles. The van der Waals surface area contributed by atoms with Gasteiger partial charge in [-0.25, -0.2) is 4.39 Å². The average Bonchev–Trinajstić information content (AvgIpc) is 2.50. The second-order valence-corrected chi connectivity index (χ2v) is 5.51. The van der Waals surface area contributed by atoms with Gasteiger partial charge in [0.1, 0.15) is 5.82 Å². The maximum atomic E-state index is 13.4. The van der Waals surface area contributed by atoms with Crippen molar-refractivity contribution in [2.24, 2.45) is 10.7 Å². The minimum Gasteiger partial charge on any atom is -0.370 e. The minimum absolute atomic E-state index is 0.154. The molecular formula is C16H18FN3S. The van der Waals surface area contributed by atoms with Crippen LogP contribution in [0.5, 0.6) is 0 Å². The summed E-state index contributed by atoms with van der Waals surface area (Å²) in [5, 5.41) is 3.02. The number of nitrogens with zero attached hydrogens (tertiary/aromatic N) is 1. The lowest BCUT2D eigenvalue weighted by molar-refractivity contribution is 0.617. The normalized spacial score (nSPS) is 11.4. The Bertz CT molecular complexity index is 587. The van der Waals surface area contributed by atoms with Crippen molar-refractivity contribution in [1.29, 1.82) is 0 Å². The molecule has 110 valence electrons. The quantitative estimate of drug-likeness (QED) is 0.488. The smallest absolute Gasteiger partial charge is 0.193 e. The molecule has 0 aliphatic carbocycles. The van der Waals surface area contributed by atoms with Gasteiger partial charge >= 0.3 is 0 Å². The molecule has 3 nitrogen and oxygen atoms in total. The molecule has 21 heavy (non-hydrogen) atoms. The Hall–Kier alpha value is -2.01. The number of benzene rings is 2. The van der Waals surface area contributed by atoms with Crippen molar-refractivity contribution in [3.05, 3.63) is 66.0 Å². The Morgan fingerprint density at radius 3 is 2.57 bits per heavy atom. The Kier molecular flexibility index (Phi) is 6.09. The highest BCUT2D eigenvalue weighted by Gasteiger charge is 2.00. The van der Waals surface area contributed by atoms with Crippen LogP contribution in [0.15, 0.2) is 59.6 Å². The minimum atomic E-state index is -0.154. The van der Waals surface area contributed by atoms with Gasteiger partial charge in [0.05, 0.1) is 6.54 Å². The summed E-state index contributed by atoms with van der Waals surface area (Å²) in [4.78, 5) is 4.24. The Labute approximate surface area is 128 Å². The fourth-order valence-corrected chi connectivity index (χ4v) is 2.56. The number of nitrogens with one attached hydrogen (secondary N) is 1. The van der Waals surface area contributed by atoms with Gasteiger partial charge in [0.2, 0.25) is 0 Å². The number of hydrogen-bond acceptors (Lipinski definition) is 2. The van der Waals surface area contributed by atoms with Crippen molar-refractivity contribution in [3.63, 3.8) is 0 Å². The van der Waals surface area contributed by atoms with E-state index >= 15 is 0 Å². The van der Waals surface area contributed by atoms with Crippen LogP contribution >= 0.6 is 11.8 Å². The topological polar surface area (TPSA) is 50.4 Å². The first-order valence-corrected chi connectivity index (χ1v) is 7.84. The standard InChI is InChI=1S/C16H18FN3S/c17-15-9-5-4-6-13(15)12-21-11-10-19-16(18)20-14-7-2-1-3-8-14/h1-9H,10-12H2,(H3,18,19,20). The lowest BCUT2D eigenvalue weighted by Gasteiger charge is -2.05. The number of para-hydroxylation sites is 1. The van der Waals surface area contributed by atoms with Gasteiger partial charge in [-0.15, -0.1) is 0 Å². The molecule has 2 aromatic carbocycles. The molecule has 0 atom stereocenters. The number of rotatable bonds is 6. The van der Waals surface area contributed by atoms with E-state index < -0.39 is 0 Å². The molecular weight excluding hydrogens is 285 g/mol. The van der Waals surface area contributed by atoms with Crippen molar-refractivity contribution in [3.8, 4) is 0 Å². The SMILES string of the molecule is NC(=NCCSCc1ccccc1F)Nc1ccccc1. The van der Waals surface area contributed by atoms with E-state index in [4.69, 9.17) is 5.73 Å². The molecule has 0 aliphatic heterocycles. The molecule has 2 rings (SSSR count). The molecule has 0 heterocycles. The molecule has 0 aliphatic rings. The van der Waals surface area contributed by atoms with Crippen molar-refractivity contribution >= 4 is 23.4 Å². The summed E-state index contributed by atoms with van der Waals surface area (Å²) < 4.78 is 13.4. The fourth-order valence-electron chi connectivity index (χ4n) is 1.74. The van der Waals surface area contributed by atoms with Gasteiger partial charge in [-0.05, 0) is 23.8 Å². The van der Waals surface area contributed by atoms with Gasteiger partial charge in [0.15, 0.2) is 5.96 Å². The van der Waals surface area contributed by atoms with E-state index in [-0.39, 0.29) is 5.82 Å². The Morgan fingerprint density at radius 1 is 1.10 bits per heavy atom. The van der Waals surface area contributed by atoms with E-state index in [0.717, 1.165) is 17.0 Å².